The third-order valence-corrected chi connectivity index (χ3v) is 13.0. The van der Waals surface area contributed by atoms with E-state index in [0.717, 1.165) is 96.3 Å². The molecule has 0 N–H and O–H groups in total. The third-order valence-electron chi connectivity index (χ3n) is 13.0. The van der Waals surface area contributed by atoms with Gasteiger partial charge in [0.05, 0.1) is 0 Å². The molecule has 0 fully saturated rings. The molecule has 0 heterocycles. The van der Waals surface area contributed by atoms with Crippen molar-refractivity contribution in [2.45, 2.75) is 309 Å². The fourth-order valence-corrected chi connectivity index (χ4v) is 8.59. The topological polar surface area (TPSA) is 78.9 Å². The quantitative estimate of drug-likeness (QED) is 0.0262. The van der Waals surface area contributed by atoms with Gasteiger partial charge in [0.1, 0.15) is 13.2 Å². The van der Waals surface area contributed by atoms with Gasteiger partial charge in [0.2, 0.25) is 0 Å². The second kappa shape index (κ2) is 57.7. The molecule has 400 valence electrons. The molecule has 6 nitrogen and oxygen atoms in total. The predicted molar refractivity (Wildman–Crippen MR) is 298 cm³/mol. The Kier molecular flexibility index (Phi) is 55.3. The van der Waals surface area contributed by atoms with Gasteiger partial charge in [-0.15, -0.1) is 0 Å². The number of unbranched alkanes of at least 4 members (excludes halogenated alkanes) is 33. The SMILES string of the molecule is CC/C=C\C/C=C\C/C=C\C/C=C\C/C=C\CCCCCCCCCC(=O)OCC(COC(=O)CCCCCCCCCCCCCCC)OC(=O)CCCCCCCCCCCCCCCCC. The summed E-state index contributed by atoms with van der Waals surface area (Å²) in [5.74, 6) is -0.869. The van der Waals surface area contributed by atoms with Gasteiger partial charge in [-0.3, -0.25) is 14.4 Å². The summed E-state index contributed by atoms with van der Waals surface area (Å²) in [5.41, 5.74) is 0. The molecule has 0 rings (SSSR count). The molecule has 0 amide bonds. The summed E-state index contributed by atoms with van der Waals surface area (Å²) in [7, 11) is 0. The van der Waals surface area contributed by atoms with E-state index in [-0.39, 0.29) is 31.1 Å². The van der Waals surface area contributed by atoms with Crippen molar-refractivity contribution in [1.82, 2.24) is 0 Å². The van der Waals surface area contributed by atoms with Crippen molar-refractivity contribution in [2.24, 2.45) is 0 Å². The maximum Gasteiger partial charge on any atom is 0.306 e. The Bertz CT molecular complexity index is 1250. The molecule has 0 aromatic carbocycles. The molecule has 0 bridgehead atoms. The lowest BCUT2D eigenvalue weighted by atomic mass is 10.0. The maximum absolute atomic E-state index is 12.9. The first kappa shape index (κ1) is 66.1. The first-order chi connectivity index (χ1) is 34.0. The van der Waals surface area contributed by atoms with Crippen LogP contribution in [0.5, 0.6) is 0 Å². The second-order valence-electron chi connectivity index (χ2n) is 19.9. The van der Waals surface area contributed by atoms with Crippen LogP contribution in [-0.2, 0) is 28.6 Å². The van der Waals surface area contributed by atoms with Crippen molar-refractivity contribution in [3.8, 4) is 0 Å². The van der Waals surface area contributed by atoms with E-state index in [0.29, 0.717) is 19.3 Å². The van der Waals surface area contributed by atoms with Crippen molar-refractivity contribution in [1.29, 1.82) is 0 Å². The van der Waals surface area contributed by atoms with E-state index >= 15 is 0 Å². The Morgan fingerprint density at radius 1 is 0.304 bits per heavy atom. The van der Waals surface area contributed by atoms with Crippen LogP contribution in [0, 0.1) is 0 Å². The van der Waals surface area contributed by atoms with Crippen molar-refractivity contribution in [3.63, 3.8) is 0 Å². The van der Waals surface area contributed by atoms with Crippen molar-refractivity contribution in [3.05, 3.63) is 60.8 Å². The molecule has 0 aliphatic rings. The minimum atomic E-state index is -0.775. The number of rotatable bonds is 54. The minimum absolute atomic E-state index is 0.0732. The Morgan fingerprint density at radius 2 is 0.565 bits per heavy atom. The van der Waals surface area contributed by atoms with Gasteiger partial charge in [-0.05, 0) is 64.2 Å². The van der Waals surface area contributed by atoms with Crippen LogP contribution in [0.2, 0.25) is 0 Å². The van der Waals surface area contributed by atoms with Crippen LogP contribution in [0.15, 0.2) is 60.8 Å². The molecule has 6 heteroatoms. The number of carbonyl (C=O) groups excluding carboxylic acids is 3. The largest absolute Gasteiger partial charge is 0.462 e. The summed E-state index contributed by atoms with van der Waals surface area (Å²) < 4.78 is 16.9. The highest BCUT2D eigenvalue weighted by Crippen LogP contribution is 2.17. The lowest BCUT2D eigenvalue weighted by Crippen LogP contribution is -2.30. The Balaban J connectivity index is 4.32. The summed E-state index contributed by atoms with van der Waals surface area (Å²) in [6.45, 7) is 6.55. The molecule has 0 aromatic heterocycles. The van der Waals surface area contributed by atoms with Gasteiger partial charge in [0, 0.05) is 19.3 Å². The molecule has 1 unspecified atom stereocenters. The summed E-state index contributed by atoms with van der Waals surface area (Å²) in [6, 6.07) is 0. The number of hydrogen-bond acceptors (Lipinski definition) is 6. The number of hydrogen-bond donors (Lipinski definition) is 0. The molecule has 0 aromatic rings. The van der Waals surface area contributed by atoms with Crippen LogP contribution >= 0.6 is 0 Å². The van der Waals surface area contributed by atoms with E-state index in [1.165, 1.54) is 167 Å². The van der Waals surface area contributed by atoms with E-state index in [4.69, 9.17) is 14.2 Å². The third kappa shape index (κ3) is 55.9. The molecular formula is C63H112O6. The van der Waals surface area contributed by atoms with Gasteiger partial charge in [-0.2, -0.15) is 0 Å². The molecule has 0 saturated heterocycles. The Labute approximate surface area is 428 Å². The monoisotopic (exact) mass is 965 g/mol. The number of allylic oxidation sites excluding steroid dienone is 10. The highest BCUT2D eigenvalue weighted by atomic mass is 16.6. The molecule has 69 heavy (non-hydrogen) atoms. The summed E-state index contributed by atoms with van der Waals surface area (Å²) >= 11 is 0. The number of carbonyl (C=O) groups is 3. The standard InChI is InChI=1S/C63H112O6/c1-4-7-10-13-16-19-22-25-27-28-29-30-31-32-33-34-36-38-41-44-47-50-53-56-62(65)68-59-60(58-67-61(64)55-52-49-46-43-40-37-24-21-18-15-12-9-6-3)69-63(66)57-54-51-48-45-42-39-35-26-23-20-17-14-11-8-5-2/h7,10,16,19,25,27,29-30,32-33,60H,4-6,8-9,11-15,17-18,20-24,26,28,31,34-59H2,1-3H3/b10-7-,19-16-,27-25-,30-29-,33-32-. The molecule has 0 radical (unpaired) electrons. The van der Waals surface area contributed by atoms with E-state index in [9.17, 15) is 14.4 Å². The van der Waals surface area contributed by atoms with Crippen molar-refractivity contribution >= 4 is 17.9 Å². The fraction of sp³-hybridized carbons (Fsp3) is 0.794. The van der Waals surface area contributed by atoms with Gasteiger partial charge in [0.15, 0.2) is 6.10 Å². The molecule has 0 saturated carbocycles. The average molecular weight is 966 g/mol. The zero-order valence-corrected chi connectivity index (χ0v) is 45.8. The van der Waals surface area contributed by atoms with Gasteiger partial charge in [-0.1, -0.05) is 281 Å². The molecular weight excluding hydrogens is 853 g/mol. The van der Waals surface area contributed by atoms with Crippen LogP contribution in [-0.4, -0.2) is 37.2 Å². The second-order valence-corrected chi connectivity index (χ2v) is 19.9. The molecule has 0 spiro atoms. The highest BCUT2D eigenvalue weighted by Gasteiger charge is 2.19. The minimum Gasteiger partial charge on any atom is -0.462 e. The van der Waals surface area contributed by atoms with Crippen LogP contribution in [0.25, 0.3) is 0 Å². The first-order valence-corrected chi connectivity index (χ1v) is 29.8. The fourth-order valence-electron chi connectivity index (χ4n) is 8.59. The number of ether oxygens (including phenoxy) is 3. The van der Waals surface area contributed by atoms with Gasteiger partial charge in [0.25, 0.3) is 0 Å². The van der Waals surface area contributed by atoms with Crippen molar-refractivity contribution < 1.29 is 28.6 Å². The predicted octanol–water partition coefficient (Wildman–Crippen LogP) is 20.0. The van der Waals surface area contributed by atoms with Crippen molar-refractivity contribution in [2.75, 3.05) is 13.2 Å². The Morgan fingerprint density at radius 3 is 0.884 bits per heavy atom. The first-order valence-electron chi connectivity index (χ1n) is 29.8. The van der Waals surface area contributed by atoms with Crippen LogP contribution < -0.4 is 0 Å². The van der Waals surface area contributed by atoms with Gasteiger partial charge >= 0.3 is 17.9 Å². The molecule has 0 aliphatic carbocycles. The van der Waals surface area contributed by atoms with Gasteiger partial charge in [-0.25, -0.2) is 0 Å². The maximum atomic E-state index is 12.9. The zero-order valence-electron chi connectivity index (χ0n) is 45.8. The van der Waals surface area contributed by atoms with E-state index in [1.54, 1.807) is 0 Å². The molecule has 1 atom stereocenters. The normalized spacial score (nSPS) is 12.4. The molecule has 0 aliphatic heterocycles. The smallest absolute Gasteiger partial charge is 0.306 e. The van der Waals surface area contributed by atoms with Crippen LogP contribution in [0.3, 0.4) is 0 Å². The highest BCUT2D eigenvalue weighted by molar-refractivity contribution is 5.71. The summed E-state index contributed by atoms with van der Waals surface area (Å²) in [6.07, 6.45) is 72.1. The van der Waals surface area contributed by atoms with Crippen LogP contribution in [0.1, 0.15) is 303 Å². The van der Waals surface area contributed by atoms with E-state index in [2.05, 4.69) is 81.5 Å². The van der Waals surface area contributed by atoms with E-state index < -0.39 is 6.10 Å². The lowest BCUT2D eigenvalue weighted by Gasteiger charge is -2.18. The summed E-state index contributed by atoms with van der Waals surface area (Å²) in [4.78, 5) is 38.2. The number of esters is 3. The summed E-state index contributed by atoms with van der Waals surface area (Å²) in [5, 5.41) is 0. The van der Waals surface area contributed by atoms with Gasteiger partial charge < -0.3 is 14.2 Å². The van der Waals surface area contributed by atoms with E-state index in [1.807, 2.05) is 0 Å². The zero-order chi connectivity index (χ0) is 50.0. The average Bonchev–Trinajstić information content (AvgIpc) is 3.35. The lowest BCUT2D eigenvalue weighted by molar-refractivity contribution is -0.167. The van der Waals surface area contributed by atoms with Crippen LogP contribution in [0.4, 0.5) is 0 Å². The Hall–Kier alpha value is -2.89.